The maximum Gasteiger partial charge on any atom is 0.262 e. The molecule has 13 nitrogen and oxygen atoms in total. The number of likely N-dealkylation sites (tertiary alicyclic amines) is 1. The maximum atomic E-state index is 15.4. The van der Waals surface area contributed by atoms with Crippen LogP contribution in [-0.4, -0.2) is 100 Å². The van der Waals surface area contributed by atoms with Crippen LogP contribution < -0.4 is 15.0 Å². The molecule has 0 bridgehead atoms. The highest BCUT2D eigenvalue weighted by atomic mass is 35.5. The summed E-state index contributed by atoms with van der Waals surface area (Å²) in [5, 5.41) is 2.52. The summed E-state index contributed by atoms with van der Waals surface area (Å²) in [5.41, 5.74) is 1.85. The number of pyridine rings is 1. The van der Waals surface area contributed by atoms with Crippen LogP contribution in [-0.2, 0) is 16.1 Å². The Morgan fingerprint density at radius 1 is 0.934 bits per heavy atom. The SMILES string of the molecule is [C-]#[N+]c1ccc(OC2C(C)(C)C(N3Cc4nc(C#CC5CN(CC6CCN(c7cc8c(cc7F)C(=O)N(C7CCC(=O)NC7=O)C8=O)CC6)C5)ccc4C3=O)C2(C)C)cc1Cl. The standard InChI is InChI=1S/C46H45ClFN7O6/c1-45(2)43(46(3,4)44(45)61-28-9-11-34(49-5)32(47)18-28)54-24-35-29(40(54)58)10-8-27(50-35)7-6-26-22-52(23-26)21-25-14-16-53(17-15-25)37-20-31-30(19-33(37)48)41(59)55(42(31)60)36-12-13-38(56)51-39(36)57/h8-11,18-20,25-26,36,43-44H,12-17,21-24H2,1-4H3,(H,51,56,57). The summed E-state index contributed by atoms with van der Waals surface area (Å²) in [7, 11) is 0. The zero-order valence-corrected chi connectivity index (χ0v) is 35.1. The van der Waals surface area contributed by atoms with E-state index in [1.165, 1.54) is 6.07 Å². The minimum atomic E-state index is -1.10. The van der Waals surface area contributed by atoms with Gasteiger partial charge < -0.3 is 19.4 Å². The molecule has 9 rings (SSSR count). The Kier molecular flexibility index (Phi) is 9.95. The molecule has 5 aliphatic heterocycles. The van der Waals surface area contributed by atoms with Gasteiger partial charge in [0.2, 0.25) is 17.5 Å². The molecule has 0 radical (unpaired) electrons. The van der Waals surface area contributed by atoms with Crippen molar-refractivity contribution in [2.45, 2.75) is 78.1 Å². The molecule has 6 heterocycles. The van der Waals surface area contributed by atoms with Gasteiger partial charge >= 0.3 is 0 Å². The van der Waals surface area contributed by atoms with Gasteiger partial charge in [-0.1, -0.05) is 51.3 Å². The van der Waals surface area contributed by atoms with Crippen LogP contribution in [0.25, 0.3) is 4.85 Å². The van der Waals surface area contributed by atoms with Crippen LogP contribution in [0.15, 0.2) is 42.5 Å². The van der Waals surface area contributed by atoms with Crippen molar-refractivity contribution < 1.29 is 33.1 Å². The minimum absolute atomic E-state index is 0.0133. The van der Waals surface area contributed by atoms with Gasteiger partial charge in [0, 0.05) is 61.9 Å². The fourth-order valence-corrected chi connectivity index (χ4v) is 11.1. The van der Waals surface area contributed by atoms with Crippen molar-refractivity contribution in [1.29, 1.82) is 0 Å². The second-order valence-electron chi connectivity index (χ2n) is 18.3. The maximum absolute atomic E-state index is 15.4. The lowest BCUT2D eigenvalue weighted by Gasteiger charge is -2.65. The molecule has 1 aromatic heterocycles. The van der Waals surface area contributed by atoms with E-state index in [0.29, 0.717) is 53.3 Å². The third kappa shape index (κ3) is 6.90. The Morgan fingerprint density at radius 2 is 1.64 bits per heavy atom. The van der Waals surface area contributed by atoms with Gasteiger partial charge in [0.15, 0.2) is 0 Å². The van der Waals surface area contributed by atoms with Gasteiger partial charge in [0.1, 0.15) is 29.4 Å². The van der Waals surface area contributed by atoms with Crippen LogP contribution in [0, 0.1) is 46.9 Å². The highest BCUT2D eigenvalue weighted by molar-refractivity contribution is 6.33. The van der Waals surface area contributed by atoms with E-state index in [9.17, 15) is 24.0 Å². The lowest BCUT2D eigenvalue weighted by atomic mass is 9.49. The van der Waals surface area contributed by atoms with E-state index in [2.05, 4.69) is 54.6 Å². The van der Waals surface area contributed by atoms with Gasteiger partial charge in [-0.2, -0.15) is 0 Å². The topological polar surface area (TPSA) is 137 Å². The van der Waals surface area contributed by atoms with E-state index in [1.807, 2.05) is 21.9 Å². The molecule has 3 saturated heterocycles. The quantitative estimate of drug-likeness (QED) is 0.176. The summed E-state index contributed by atoms with van der Waals surface area (Å²) in [4.78, 5) is 79.6. The number of carbonyl (C=O) groups is 5. The first-order chi connectivity index (χ1) is 29.0. The number of carbonyl (C=O) groups excluding carboxylic acids is 5. The molecule has 1 N–H and O–H groups in total. The fourth-order valence-electron chi connectivity index (χ4n) is 10.9. The van der Waals surface area contributed by atoms with Crippen molar-refractivity contribution in [1.82, 2.24) is 25.0 Å². The molecule has 61 heavy (non-hydrogen) atoms. The van der Waals surface area contributed by atoms with Crippen molar-refractivity contribution in [3.8, 4) is 17.6 Å². The lowest BCUT2D eigenvalue weighted by Crippen LogP contribution is -2.74. The first-order valence-corrected chi connectivity index (χ1v) is 21.1. The summed E-state index contributed by atoms with van der Waals surface area (Å²) >= 11 is 6.29. The number of nitrogens with zero attached hydrogens (tertiary/aromatic N) is 6. The molecule has 2 aromatic carbocycles. The molecule has 1 unspecified atom stereocenters. The number of halogens is 2. The molecule has 6 aliphatic rings. The monoisotopic (exact) mass is 845 g/mol. The van der Waals surface area contributed by atoms with Gasteiger partial charge in [-0.25, -0.2) is 14.2 Å². The average Bonchev–Trinajstić information content (AvgIpc) is 3.64. The number of amides is 5. The lowest BCUT2D eigenvalue weighted by molar-refractivity contribution is -0.199. The van der Waals surface area contributed by atoms with Gasteiger partial charge in [0.25, 0.3) is 17.7 Å². The Morgan fingerprint density at radius 3 is 2.31 bits per heavy atom. The second-order valence-corrected chi connectivity index (χ2v) is 18.7. The van der Waals surface area contributed by atoms with Crippen LogP contribution in [0.2, 0.25) is 5.02 Å². The predicted octanol–water partition coefficient (Wildman–Crippen LogP) is 5.86. The van der Waals surface area contributed by atoms with E-state index < -0.39 is 35.5 Å². The second kappa shape index (κ2) is 15.0. The normalized spacial score (nSPS) is 24.6. The number of piperidine rings is 2. The summed E-state index contributed by atoms with van der Waals surface area (Å²) in [5.74, 6) is 4.68. The first kappa shape index (κ1) is 40.6. The Hall–Kier alpha value is -5.83. The summed E-state index contributed by atoms with van der Waals surface area (Å²) in [6, 6.07) is 10.1. The van der Waals surface area contributed by atoms with Crippen LogP contribution in [0.4, 0.5) is 15.8 Å². The zero-order valence-electron chi connectivity index (χ0n) is 34.4. The molecule has 4 fully saturated rings. The molecule has 314 valence electrons. The largest absolute Gasteiger partial charge is 0.489 e. The summed E-state index contributed by atoms with van der Waals surface area (Å²) < 4.78 is 21.9. The van der Waals surface area contributed by atoms with E-state index in [0.717, 1.165) is 49.1 Å². The Bertz CT molecular complexity index is 2510. The summed E-state index contributed by atoms with van der Waals surface area (Å²) in [6.07, 6.45) is 1.52. The van der Waals surface area contributed by atoms with Gasteiger partial charge in [-0.15, -0.1) is 0 Å². The minimum Gasteiger partial charge on any atom is -0.489 e. The number of fused-ring (bicyclic) bond motifs is 2. The van der Waals surface area contributed by atoms with E-state index in [-0.39, 0.29) is 64.5 Å². The molecule has 15 heteroatoms. The van der Waals surface area contributed by atoms with Crippen molar-refractivity contribution >= 4 is 52.5 Å². The molecule has 3 aromatic rings. The zero-order chi connectivity index (χ0) is 43.1. The molecule has 0 spiro atoms. The van der Waals surface area contributed by atoms with E-state index in [4.69, 9.17) is 27.9 Å². The Labute approximate surface area is 358 Å². The number of imide groups is 2. The highest BCUT2D eigenvalue weighted by Crippen LogP contribution is 2.59. The van der Waals surface area contributed by atoms with Crippen molar-refractivity contribution in [2.24, 2.45) is 22.7 Å². The third-order valence-corrected chi connectivity index (χ3v) is 13.8. The van der Waals surface area contributed by atoms with Crippen molar-refractivity contribution in [2.75, 3.05) is 37.6 Å². The third-order valence-electron chi connectivity index (χ3n) is 13.5. The van der Waals surface area contributed by atoms with Gasteiger partial charge in [-0.3, -0.25) is 34.2 Å². The number of anilines is 1. The summed E-state index contributed by atoms with van der Waals surface area (Å²) in [6.45, 7) is 19.9. The average molecular weight is 846 g/mol. The molecule has 1 atom stereocenters. The van der Waals surface area contributed by atoms with Gasteiger partial charge in [-0.05, 0) is 67.5 Å². The van der Waals surface area contributed by atoms with Gasteiger partial charge in [0.05, 0.1) is 46.2 Å². The number of nitrogens with one attached hydrogen (secondary N) is 1. The number of benzene rings is 2. The van der Waals surface area contributed by atoms with E-state index >= 15 is 4.39 Å². The molecule has 1 aliphatic carbocycles. The molecule has 5 amide bonds. The molecular formula is C46H45ClFN7O6. The first-order valence-electron chi connectivity index (χ1n) is 20.7. The Balaban J connectivity index is 0.762. The van der Waals surface area contributed by atoms with Crippen LogP contribution in [0.5, 0.6) is 5.75 Å². The van der Waals surface area contributed by atoms with Crippen LogP contribution in [0.3, 0.4) is 0 Å². The number of rotatable bonds is 7. The van der Waals surface area contributed by atoms with E-state index in [1.54, 1.807) is 18.2 Å². The number of ether oxygens (including phenoxy) is 1. The number of hydrogen-bond acceptors (Lipinski definition) is 9. The molecular weight excluding hydrogens is 801 g/mol. The van der Waals surface area contributed by atoms with Crippen LogP contribution in [0.1, 0.15) is 95.8 Å². The predicted molar refractivity (Wildman–Crippen MR) is 222 cm³/mol. The number of hydrogen-bond donors (Lipinski definition) is 1. The fraction of sp³-hybridized carbons (Fsp3) is 0.457. The van der Waals surface area contributed by atoms with Crippen LogP contribution >= 0.6 is 11.6 Å². The van der Waals surface area contributed by atoms with Crippen molar-refractivity contribution in [3.05, 3.63) is 92.8 Å². The molecule has 1 saturated carbocycles. The number of aromatic nitrogens is 1. The highest BCUT2D eigenvalue weighted by Gasteiger charge is 2.67. The van der Waals surface area contributed by atoms with Crippen molar-refractivity contribution in [3.63, 3.8) is 0 Å². The smallest absolute Gasteiger partial charge is 0.262 e.